The molecule has 0 bridgehead atoms. The molecule has 0 spiro atoms. The fourth-order valence-electron chi connectivity index (χ4n) is 1.93. The maximum atomic E-state index is 12.9. The molecule has 5 heteroatoms. The van der Waals surface area contributed by atoms with Gasteiger partial charge in [0.05, 0.1) is 11.6 Å². The third-order valence-electron chi connectivity index (χ3n) is 2.73. The van der Waals surface area contributed by atoms with E-state index in [1.807, 2.05) is 0 Å². The molecule has 0 saturated carbocycles. The normalized spacial score (nSPS) is 13.7. The lowest BCUT2D eigenvalue weighted by atomic mass is 9.95. The number of likely N-dealkylation sites (N-methyl/N-ethyl adjacent to an activating group) is 1. The van der Waals surface area contributed by atoms with Crippen LogP contribution in [0, 0.1) is 0 Å². The molecule has 0 saturated heterocycles. The number of halogens is 3. The summed E-state index contributed by atoms with van der Waals surface area (Å²) >= 11 is 0. The third-order valence-corrected chi connectivity index (χ3v) is 2.73. The quantitative estimate of drug-likeness (QED) is 0.827. The predicted molar refractivity (Wildman–Crippen MR) is 63.2 cm³/mol. The molecule has 1 unspecified atom stereocenters. The molecular weight excluding hydrogens is 243 g/mol. The van der Waals surface area contributed by atoms with Crippen LogP contribution in [0.25, 0.3) is 0 Å². The number of carbonyl (C=O) groups is 1. The van der Waals surface area contributed by atoms with E-state index in [4.69, 9.17) is 0 Å². The van der Waals surface area contributed by atoms with Gasteiger partial charge in [0, 0.05) is 6.42 Å². The Kier molecular flexibility index (Phi) is 4.51. The van der Waals surface area contributed by atoms with Crippen molar-refractivity contribution in [3.63, 3.8) is 0 Å². The van der Waals surface area contributed by atoms with E-state index in [1.54, 1.807) is 21.0 Å². The molecule has 1 atom stereocenters. The van der Waals surface area contributed by atoms with Gasteiger partial charge in [0.25, 0.3) is 0 Å². The van der Waals surface area contributed by atoms with Crippen LogP contribution in [0.15, 0.2) is 24.3 Å². The van der Waals surface area contributed by atoms with E-state index in [0.717, 1.165) is 6.07 Å². The van der Waals surface area contributed by atoms with Crippen molar-refractivity contribution in [2.24, 2.45) is 0 Å². The van der Waals surface area contributed by atoms with Crippen molar-refractivity contribution in [1.82, 2.24) is 4.90 Å². The molecular formula is C13H16F3NO. The van der Waals surface area contributed by atoms with Crippen molar-refractivity contribution in [2.45, 2.75) is 25.6 Å². The highest BCUT2D eigenvalue weighted by molar-refractivity contribution is 5.85. The summed E-state index contributed by atoms with van der Waals surface area (Å²) in [5.74, 6) is -0.225. The van der Waals surface area contributed by atoms with E-state index in [0.29, 0.717) is 0 Å². The first-order valence-corrected chi connectivity index (χ1v) is 5.64. The molecule has 1 aromatic carbocycles. The van der Waals surface area contributed by atoms with Gasteiger partial charge in [0.15, 0.2) is 5.78 Å². The summed E-state index contributed by atoms with van der Waals surface area (Å²) in [5.41, 5.74) is -0.729. The van der Waals surface area contributed by atoms with Crippen LogP contribution in [0.1, 0.15) is 30.5 Å². The average Bonchev–Trinajstić information content (AvgIpc) is 2.27. The van der Waals surface area contributed by atoms with Gasteiger partial charge in [-0.3, -0.25) is 9.69 Å². The van der Waals surface area contributed by atoms with Gasteiger partial charge in [-0.2, -0.15) is 13.2 Å². The minimum Gasteiger partial charge on any atom is -0.298 e. The maximum absolute atomic E-state index is 12.9. The highest BCUT2D eigenvalue weighted by atomic mass is 19.4. The van der Waals surface area contributed by atoms with Gasteiger partial charge in [-0.05, 0) is 25.7 Å². The zero-order valence-electron chi connectivity index (χ0n) is 10.6. The predicted octanol–water partition coefficient (Wildman–Crippen LogP) is 3.29. The molecule has 0 radical (unpaired) electrons. The first kappa shape index (κ1) is 14.7. The van der Waals surface area contributed by atoms with Crippen LogP contribution in [0.4, 0.5) is 13.2 Å². The van der Waals surface area contributed by atoms with E-state index < -0.39 is 17.8 Å². The lowest BCUT2D eigenvalue weighted by Crippen LogP contribution is -2.29. The first-order valence-electron chi connectivity index (χ1n) is 5.64. The Morgan fingerprint density at radius 3 is 2.28 bits per heavy atom. The molecule has 18 heavy (non-hydrogen) atoms. The second-order valence-electron chi connectivity index (χ2n) is 4.27. The molecule has 0 aromatic heterocycles. The molecule has 0 fully saturated rings. The SMILES string of the molecule is CCC(=O)C(c1ccccc1C(F)(F)F)N(C)C. The zero-order valence-corrected chi connectivity index (χ0v) is 10.6. The van der Waals surface area contributed by atoms with Gasteiger partial charge in [0.2, 0.25) is 0 Å². The Hall–Kier alpha value is -1.36. The molecule has 0 heterocycles. The molecule has 0 aliphatic rings. The van der Waals surface area contributed by atoms with Crippen molar-refractivity contribution >= 4 is 5.78 Å². The summed E-state index contributed by atoms with van der Waals surface area (Å²) in [5, 5.41) is 0. The van der Waals surface area contributed by atoms with Gasteiger partial charge in [-0.25, -0.2) is 0 Å². The van der Waals surface area contributed by atoms with Crippen molar-refractivity contribution in [2.75, 3.05) is 14.1 Å². The van der Waals surface area contributed by atoms with Crippen LogP contribution in [0.3, 0.4) is 0 Å². The van der Waals surface area contributed by atoms with E-state index in [9.17, 15) is 18.0 Å². The van der Waals surface area contributed by atoms with Crippen molar-refractivity contribution in [1.29, 1.82) is 0 Å². The van der Waals surface area contributed by atoms with Crippen LogP contribution in [0.2, 0.25) is 0 Å². The Labute approximate surface area is 104 Å². The molecule has 0 aliphatic heterocycles. The minimum absolute atomic E-state index is 0.0156. The molecule has 1 rings (SSSR count). The van der Waals surface area contributed by atoms with Crippen LogP contribution < -0.4 is 0 Å². The van der Waals surface area contributed by atoms with Crippen molar-refractivity contribution in [3.8, 4) is 0 Å². The van der Waals surface area contributed by atoms with Gasteiger partial charge in [-0.1, -0.05) is 25.1 Å². The molecule has 2 nitrogen and oxygen atoms in total. The number of Topliss-reactive ketones (excluding diaryl/α,β-unsaturated/α-hetero) is 1. The molecule has 0 N–H and O–H groups in total. The summed E-state index contributed by atoms with van der Waals surface area (Å²) < 4.78 is 38.7. The fourth-order valence-corrected chi connectivity index (χ4v) is 1.93. The fraction of sp³-hybridized carbons (Fsp3) is 0.462. The van der Waals surface area contributed by atoms with Crippen LogP contribution in [-0.2, 0) is 11.0 Å². The number of rotatable bonds is 4. The zero-order chi connectivity index (χ0) is 13.9. The number of benzene rings is 1. The number of hydrogen-bond acceptors (Lipinski definition) is 2. The van der Waals surface area contributed by atoms with Crippen molar-refractivity contribution in [3.05, 3.63) is 35.4 Å². The molecule has 1 aromatic rings. The Bertz CT molecular complexity index is 426. The number of alkyl halides is 3. The Morgan fingerprint density at radius 1 is 1.28 bits per heavy atom. The molecule has 0 amide bonds. The van der Waals surface area contributed by atoms with Gasteiger partial charge in [-0.15, -0.1) is 0 Å². The standard InChI is InChI=1S/C13H16F3NO/c1-4-11(18)12(17(2)3)9-7-5-6-8-10(9)13(14,15)16/h5-8,12H,4H2,1-3H3. The smallest absolute Gasteiger partial charge is 0.298 e. The van der Waals surface area contributed by atoms with Crippen LogP contribution in [-0.4, -0.2) is 24.8 Å². The summed E-state index contributed by atoms with van der Waals surface area (Å²) in [7, 11) is 3.21. The van der Waals surface area contributed by atoms with E-state index in [-0.39, 0.29) is 17.8 Å². The first-order chi connectivity index (χ1) is 8.29. The third kappa shape index (κ3) is 3.10. The van der Waals surface area contributed by atoms with Gasteiger partial charge >= 0.3 is 6.18 Å². The van der Waals surface area contributed by atoms with Crippen LogP contribution >= 0.6 is 0 Å². The number of hydrogen-bond donors (Lipinski definition) is 0. The average molecular weight is 259 g/mol. The highest BCUT2D eigenvalue weighted by Gasteiger charge is 2.36. The lowest BCUT2D eigenvalue weighted by Gasteiger charge is -2.25. The highest BCUT2D eigenvalue weighted by Crippen LogP contribution is 2.36. The molecule has 100 valence electrons. The molecule has 0 aliphatic carbocycles. The minimum atomic E-state index is -4.45. The monoisotopic (exact) mass is 259 g/mol. The lowest BCUT2D eigenvalue weighted by molar-refractivity contribution is -0.139. The summed E-state index contributed by atoms with van der Waals surface area (Å²) in [6.07, 6.45) is -4.24. The van der Waals surface area contributed by atoms with E-state index in [1.165, 1.54) is 23.1 Å². The number of nitrogens with zero attached hydrogens (tertiary/aromatic N) is 1. The second kappa shape index (κ2) is 5.52. The Balaban J connectivity index is 3.33. The van der Waals surface area contributed by atoms with E-state index in [2.05, 4.69) is 0 Å². The largest absolute Gasteiger partial charge is 0.416 e. The Morgan fingerprint density at radius 2 is 1.83 bits per heavy atom. The van der Waals surface area contributed by atoms with Gasteiger partial charge in [0.1, 0.15) is 0 Å². The van der Waals surface area contributed by atoms with E-state index >= 15 is 0 Å². The maximum Gasteiger partial charge on any atom is 0.416 e. The number of carbonyl (C=O) groups excluding carboxylic acids is 1. The van der Waals surface area contributed by atoms with Gasteiger partial charge < -0.3 is 0 Å². The topological polar surface area (TPSA) is 20.3 Å². The summed E-state index contributed by atoms with van der Waals surface area (Å²) in [4.78, 5) is 13.3. The second-order valence-corrected chi connectivity index (χ2v) is 4.27. The van der Waals surface area contributed by atoms with Crippen molar-refractivity contribution < 1.29 is 18.0 Å². The summed E-state index contributed by atoms with van der Waals surface area (Å²) in [6.45, 7) is 1.65. The van der Waals surface area contributed by atoms with Crippen LogP contribution in [0.5, 0.6) is 0 Å². The number of ketones is 1. The summed E-state index contributed by atoms with van der Waals surface area (Å²) in [6, 6.07) is 4.36.